The van der Waals surface area contributed by atoms with E-state index >= 15 is 0 Å². The summed E-state index contributed by atoms with van der Waals surface area (Å²) in [6.45, 7) is 0. The average Bonchev–Trinajstić information content (AvgIpc) is 2.85. The van der Waals surface area contributed by atoms with Crippen molar-refractivity contribution in [2.24, 2.45) is 0 Å². The number of hydrogen-bond donors (Lipinski definition) is 3. The third kappa shape index (κ3) is 3.28. The Morgan fingerprint density at radius 1 is 1.48 bits per heavy atom. The molecule has 21 heavy (non-hydrogen) atoms. The van der Waals surface area contributed by atoms with E-state index in [2.05, 4.69) is 10.6 Å². The highest BCUT2D eigenvalue weighted by Crippen LogP contribution is 2.23. The number of rotatable bonds is 4. The van der Waals surface area contributed by atoms with Crippen LogP contribution in [0.3, 0.4) is 0 Å². The molecule has 2 amide bonds. The van der Waals surface area contributed by atoms with Gasteiger partial charge in [-0.2, -0.15) is 0 Å². The molecule has 1 saturated heterocycles. The summed E-state index contributed by atoms with van der Waals surface area (Å²) < 4.78 is 0. The minimum atomic E-state index is -1.33. The molecule has 2 rings (SSSR count). The van der Waals surface area contributed by atoms with Gasteiger partial charge in [0.1, 0.15) is 6.04 Å². The van der Waals surface area contributed by atoms with E-state index in [0.29, 0.717) is 0 Å². The summed E-state index contributed by atoms with van der Waals surface area (Å²) in [4.78, 5) is 44.0. The van der Waals surface area contributed by atoms with Gasteiger partial charge in [0.05, 0.1) is 16.2 Å². The lowest BCUT2D eigenvalue weighted by molar-refractivity contribution is -0.384. The van der Waals surface area contributed by atoms with Crippen LogP contribution in [0.2, 0.25) is 0 Å². The van der Waals surface area contributed by atoms with Crippen molar-refractivity contribution >= 4 is 40.3 Å². The molecule has 0 bridgehead atoms. The van der Waals surface area contributed by atoms with Gasteiger partial charge in [0.15, 0.2) is 0 Å². The third-order valence-corrected chi connectivity index (χ3v) is 3.57. The summed E-state index contributed by atoms with van der Waals surface area (Å²) in [7, 11) is 0. The molecule has 1 fully saturated rings. The number of aromatic carboxylic acids is 1. The Hall–Kier alpha value is -2.62. The number of thioether (sulfide) groups is 1. The molecule has 1 heterocycles. The number of carboxylic acids is 1. The number of amides is 2. The number of nitro benzene ring substituents is 1. The Labute approximate surface area is 121 Å². The van der Waals surface area contributed by atoms with Crippen molar-refractivity contribution in [3.05, 3.63) is 33.9 Å². The number of carbonyl (C=O) groups excluding carboxylic acids is 2. The summed E-state index contributed by atoms with van der Waals surface area (Å²) in [6, 6.07) is 2.23. The fraction of sp³-hybridized carbons (Fsp3) is 0.182. The Morgan fingerprint density at radius 2 is 2.19 bits per heavy atom. The van der Waals surface area contributed by atoms with Gasteiger partial charge >= 0.3 is 5.97 Å². The molecular formula is C11H9N3O6S. The molecule has 1 unspecified atom stereocenters. The topological polar surface area (TPSA) is 139 Å². The lowest BCUT2D eigenvalue weighted by Gasteiger charge is -2.12. The number of hydrogen-bond acceptors (Lipinski definition) is 6. The zero-order valence-electron chi connectivity index (χ0n) is 10.4. The predicted molar refractivity (Wildman–Crippen MR) is 73.5 cm³/mol. The summed E-state index contributed by atoms with van der Waals surface area (Å²) in [5.41, 5.74) is -0.807. The average molecular weight is 311 g/mol. The highest BCUT2D eigenvalue weighted by molar-refractivity contribution is 8.14. The first-order valence-electron chi connectivity index (χ1n) is 5.64. The Kier molecular flexibility index (Phi) is 4.08. The Bertz CT molecular complexity index is 647. The molecule has 0 aliphatic carbocycles. The van der Waals surface area contributed by atoms with Crippen LogP contribution in [-0.4, -0.2) is 38.9 Å². The first-order valence-corrected chi connectivity index (χ1v) is 6.63. The lowest BCUT2D eigenvalue weighted by Crippen LogP contribution is -2.38. The van der Waals surface area contributed by atoms with Gasteiger partial charge in [0.2, 0.25) is 5.91 Å². The van der Waals surface area contributed by atoms with Crippen LogP contribution < -0.4 is 10.6 Å². The van der Waals surface area contributed by atoms with Gasteiger partial charge < -0.3 is 15.7 Å². The molecule has 1 aromatic carbocycles. The van der Waals surface area contributed by atoms with Crippen LogP contribution in [-0.2, 0) is 4.79 Å². The predicted octanol–water partition coefficient (Wildman–Crippen LogP) is 1.06. The largest absolute Gasteiger partial charge is 0.478 e. The third-order valence-electron chi connectivity index (χ3n) is 2.69. The molecule has 1 aliphatic rings. The summed E-state index contributed by atoms with van der Waals surface area (Å²) in [5, 5.41) is 24.1. The van der Waals surface area contributed by atoms with Gasteiger partial charge in [0, 0.05) is 17.9 Å². The molecule has 1 atom stereocenters. The fourth-order valence-corrected chi connectivity index (χ4v) is 2.46. The molecule has 10 heteroatoms. The quantitative estimate of drug-likeness (QED) is 0.558. The van der Waals surface area contributed by atoms with Crippen molar-refractivity contribution in [2.75, 3.05) is 11.1 Å². The normalized spacial score (nSPS) is 17.1. The van der Waals surface area contributed by atoms with Crippen molar-refractivity contribution in [3.63, 3.8) is 0 Å². The maximum absolute atomic E-state index is 11.9. The van der Waals surface area contributed by atoms with Crippen molar-refractivity contribution in [3.8, 4) is 0 Å². The standard InChI is InChI=1S/C11H9N3O6S/c15-9(8-4-21-11(18)13-8)12-7-3-5(14(19)20)1-2-6(7)10(16)17/h1-3,8H,4H2,(H,12,15)(H,13,18)(H,16,17). The second-order valence-corrected chi connectivity index (χ2v) is 5.07. The van der Waals surface area contributed by atoms with E-state index in [0.717, 1.165) is 30.0 Å². The van der Waals surface area contributed by atoms with E-state index in [-0.39, 0.29) is 27.9 Å². The van der Waals surface area contributed by atoms with E-state index in [1.165, 1.54) is 0 Å². The zero-order chi connectivity index (χ0) is 15.6. The van der Waals surface area contributed by atoms with Gasteiger partial charge in [0.25, 0.3) is 10.9 Å². The molecule has 0 spiro atoms. The SMILES string of the molecule is O=C1NC(C(=O)Nc2cc([N+](=O)[O-])ccc2C(=O)O)CS1. The molecule has 1 aromatic rings. The van der Waals surface area contributed by atoms with Crippen molar-refractivity contribution in [2.45, 2.75) is 6.04 Å². The molecular weight excluding hydrogens is 302 g/mol. The van der Waals surface area contributed by atoms with Crippen LogP contribution in [0, 0.1) is 10.1 Å². The van der Waals surface area contributed by atoms with E-state index < -0.39 is 22.8 Å². The monoisotopic (exact) mass is 311 g/mol. The summed E-state index contributed by atoms with van der Waals surface area (Å²) in [6.07, 6.45) is 0. The van der Waals surface area contributed by atoms with Gasteiger partial charge in [-0.3, -0.25) is 19.7 Å². The number of nitrogens with one attached hydrogen (secondary N) is 2. The zero-order valence-corrected chi connectivity index (χ0v) is 11.2. The van der Waals surface area contributed by atoms with Gasteiger partial charge in [-0.1, -0.05) is 11.8 Å². The number of carbonyl (C=O) groups is 3. The summed E-state index contributed by atoms with van der Waals surface area (Å²) >= 11 is 0.927. The van der Waals surface area contributed by atoms with Crippen LogP contribution in [0.15, 0.2) is 18.2 Å². The molecule has 0 radical (unpaired) electrons. The molecule has 1 aliphatic heterocycles. The highest BCUT2D eigenvalue weighted by atomic mass is 32.2. The van der Waals surface area contributed by atoms with Crippen molar-refractivity contribution in [1.29, 1.82) is 0 Å². The minimum Gasteiger partial charge on any atom is -0.478 e. The minimum absolute atomic E-state index is 0.187. The number of non-ortho nitro benzene ring substituents is 1. The van der Waals surface area contributed by atoms with Crippen molar-refractivity contribution < 1.29 is 24.4 Å². The van der Waals surface area contributed by atoms with E-state index in [1.807, 2.05) is 0 Å². The maximum Gasteiger partial charge on any atom is 0.337 e. The number of nitrogens with zero attached hydrogens (tertiary/aromatic N) is 1. The summed E-state index contributed by atoms with van der Waals surface area (Å²) in [5.74, 6) is -1.75. The molecule has 3 N–H and O–H groups in total. The van der Waals surface area contributed by atoms with E-state index in [4.69, 9.17) is 5.11 Å². The molecule has 9 nitrogen and oxygen atoms in total. The van der Waals surface area contributed by atoms with Gasteiger partial charge in [-0.15, -0.1) is 0 Å². The molecule has 0 saturated carbocycles. The second kappa shape index (κ2) is 5.79. The van der Waals surface area contributed by atoms with Crippen LogP contribution >= 0.6 is 11.8 Å². The Morgan fingerprint density at radius 3 is 2.71 bits per heavy atom. The van der Waals surface area contributed by atoms with Crippen molar-refractivity contribution in [1.82, 2.24) is 5.32 Å². The number of carboxylic acid groups (broad SMARTS) is 1. The van der Waals surface area contributed by atoms with Gasteiger partial charge in [-0.05, 0) is 6.07 Å². The number of anilines is 1. The highest BCUT2D eigenvalue weighted by Gasteiger charge is 2.29. The molecule has 110 valence electrons. The smallest absolute Gasteiger partial charge is 0.337 e. The fourth-order valence-electron chi connectivity index (χ4n) is 1.68. The Balaban J connectivity index is 2.26. The van der Waals surface area contributed by atoms with Crippen LogP contribution in [0.4, 0.5) is 16.2 Å². The first kappa shape index (κ1) is 14.8. The van der Waals surface area contributed by atoms with E-state index in [1.54, 1.807) is 0 Å². The second-order valence-electron chi connectivity index (χ2n) is 4.08. The number of nitro groups is 1. The first-order chi connectivity index (χ1) is 9.88. The van der Waals surface area contributed by atoms with Crippen LogP contribution in [0.25, 0.3) is 0 Å². The maximum atomic E-state index is 11.9. The van der Waals surface area contributed by atoms with Crippen LogP contribution in [0.1, 0.15) is 10.4 Å². The van der Waals surface area contributed by atoms with Gasteiger partial charge in [-0.25, -0.2) is 4.79 Å². The lowest BCUT2D eigenvalue weighted by atomic mass is 10.1. The number of benzene rings is 1. The van der Waals surface area contributed by atoms with Crippen LogP contribution in [0.5, 0.6) is 0 Å². The van der Waals surface area contributed by atoms with E-state index in [9.17, 15) is 24.5 Å². The molecule has 0 aromatic heterocycles.